The molecule has 1 unspecified atom stereocenters. The number of alkyl halides is 6. The zero-order valence-corrected chi connectivity index (χ0v) is 18.1. The largest absolute Gasteiger partial charge is 0.416 e. The summed E-state index contributed by atoms with van der Waals surface area (Å²) in [5.74, 6) is -0.777. The molecule has 0 aromatic heterocycles. The van der Waals surface area contributed by atoms with E-state index < -0.39 is 29.4 Å². The van der Waals surface area contributed by atoms with Crippen molar-refractivity contribution in [1.82, 2.24) is 5.01 Å². The Bertz CT molecular complexity index is 1200. The second kappa shape index (κ2) is 9.44. The summed E-state index contributed by atoms with van der Waals surface area (Å²) < 4.78 is 77.1. The molecule has 1 heterocycles. The summed E-state index contributed by atoms with van der Waals surface area (Å²) in [6.07, 6.45) is -8.94. The van der Waals surface area contributed by atoms with Crippen LogP contribution in [0, 0.1) is 0 Å². The molecule has 0 bridgehead atoms. The fraction of sp³-hybridized carbons (Fsp3) is 0.200. The lowest BCUT2D eigenvalue weighted by molar-refractivity contribution is -0.138. The van der Waals surface area contributed by atoms with Gasteiger partial charge in [-0.3, -0.25) is 9.80 Å². The zero-order chi connectivity index (χ0) is 25.2. The first kappa shape index (κ1) is 24.3. The predicted molar refractivity (Wildman–Crippen MR) is 119 cm³/mol. The summed E-state index contributed by atoms with van der Waals surface area (Å²) in [4.78, 5) is 12.5. The summed E-state index contributed by atoms with van der Waals surface area (Å²) in [6, 6.07) is 18.0. The minimum Gasteiger partial charge on any atom is -0.324 e. The molecule has 1 atom stereocenters. The van der Waals surface area contributed by atoms with Gasteiger partial charge in [0.2, 0.25) is 5.91 Å². The van der Waals surface area contributed by atoms with E-state index in [2.05, 4.69) is 10.4 Å². The Morgan fingerprint density at radius 3 is 1.91 bits per heavy atom. The maximum atomic E-state index is 13.0. The average molecular weight is 491 g/mol. The van der Waals surface area contributed by atoms with E-state index in [1.807, 2.05) is 30.3 Å². The van der Waals surface area contributed by atoms with Crippen LogP contribution in [0.15, 0.2) is 84.0 Å². The van der Waals surface area contributed by atoms with E-state index in [1.54, 1.807) is 0 Å². The van der Waals surface area contributed by atoms with Crippen molar-refractivity contribution in [1.29, 1.82) is 0 Å². The number of rotatable bonds is 5. The van der Waals surface area contributed by atoms with Crippen LogP contribution >= 0.6 is 0 Å². The van der Waals surface area contributed by atoms with Gasteiger partial charge in [0, 0.05) is 18.2 Å². The summed E-state index contributed by atoms with van der Waals surface area (Å²) in [6.45, 7) is 0.120. The molecule has 1 aliphatic rings. The maximum Gasteiger partial charge on any atom is 0.416 e. The van der Waals surface area contributed by atoms with Crippen molar-refractivity contribution in [2.24, 2.45) is 5.10 Å². The Morgan fingerprint density at radius 1 is 0.829 bits per heavy atom. The van der Waals surface area contributed by atoms with Crippen LogP contribution < -0.4 is 5.32 Å². The van der Waals surface area contributed by atoms with Crippen molar-refractivity contribution in [2.75, 3.05) is 18.4 Å². The van der Waals surface area contributed by atoms with Crippen LogP contribution in [0.5, 0.6) is 0 Å². The number of anilines is 1. The Morgan fingerprint density at radius 2 is 1.37 bits per heavy atom. The number of hydrogen-bond acceptors (Lipinski definition) is 3. The fourth-order valence-electron chi connectivity index (χ4n) is 3.81. The van der Waals surface area contributed by atoms with E-state index in [9.17, 15) is 31.1 Å². The van der Waals surface area contributed by atoms with Gasteiger partial charge in [0.05, 0.1) is 16.8 Å². The van der Waals surface area contributed by atoms with Gasteiger partial charge in [-0.1, -0.05) is 42.5 Å². The van der Waals surface area contributed by atoms with Crippen LogP contribution in [0.4, 0.5) is 32.0 Å². The van der Waals surface area contributed by atoms with Gasteiger partial charge in [0.1, 0.15) is 6.54 Å². The minimum atomic E-state index is -4.48. The Labute approximate surface area is 196 Å². The number of nitrogens with zero attached hydrogens (tertiary/aromatic N) is 2. The number of hydrogen-bond donors (Lipinski definition) is 1. The van der Waals surface area contributed by atoms with Gasteiger partial charge in [0.15, 0.2) is 0 Å². The van der Waals surface area contributed by atoms with Crippen molar-refractivity contribution in [3.05, 3.63) is 101 Å². The average Bonchev–Trinajstić information content (AvgIpc) is 3.22. The molecule has 4 rings (SSSR count). The number of nitrogens with one attached hydrogen (secondary N) is 1. The fourth-order valence-corrected chi connectivity index (χ4v) is 3.81. The van der Waals surface area contributed by atoms with E-state index in [0.717, 1.165) is 42.0 Å². The summed E-state index contributed by atoms with van der Waals surface area (Å²) in [5.41, 5.74) is 0.505. The molecular formula is C25H19F6N3O. The van der Waals surface area contributed by atoms with Gasteiger partial charge in [-0.05, 0) is 47.5 Å². The number of benzene rings is 3. The van der Waals surface area contributed by atoms with Gasteiger partial charge in [-0.25, -0.2) is 0 Å². The van der Waals surface area contributed by atoms with Crippen molar-refractivity contribution in [3.63, 3.8) is 0 Å². The van der Waals surface area contributed by atoms with Crippen molar-refractivity contribution in [2.45, 2.75) is 18.3 Å². The maximum absolute atomic E-state index is 13.0. The van der Waals surface area contributed by atoms with Crippen molar-refractivity contribution in [3.8, 4) is 0 Å². The molecule has 35 heavy (non-hydrogen) atoms. The molecule has 3 aromatic rings. The van der Waals surface area contributed by atoms with E-state index in [1.165, 1.54) is 17.1 Å². The summed E-state index contributed by atoms with van der Waals surface area (Å²) in [7, 11) is 0. The molecule has 0 fully saturated rings. The SMILES string of the molecule is O=C(CN1CC(c2ccccc2)C(c2ccc(C(F)(F)F)cc2)=N1)Nc1ccc(C(F)(F)F)cc1. The number of carbonyl (C=O) groups excluding carboxylic acids is 1. The lowest BCUT2D eigenvalue weighted by Gasteiger charge is -2.16. The van der Waals surface area contributed by atoms with Crippen LogP contribution in [-0.2, 0) is 17.1 Å². The minimum absolute atomic E-state index is 0.186. The third-order valence-corrected chi connectivity index (χ3v) is 5.50. The Balaban J connectivity index is 1.52. The molecule has 1 N–H and O–H groups in total. The molecule has 1 aliphatic heterocycles. The van der Waals surface area contributed by atoms with Gasteiger partial charge < -0.3 is 5.32 Å². The topological polar surface area (TPSA) is 44.7 Å². The van der Waals surface area contributed by atoms with Crippen LogP contribution in [0.2, 0.25) is 0 Å². The predicted octanol–water partition coefficient (Wildman–Crippen LogP) is 6.17. The number of hydrazone groups is 1. The summed E-state index contributed by atoms with van der Waals surface area (Å²) >= 11 is 0. The smallest absolute Gasteiger partial charge is 0.324 e. The zero-order valence-electron chi connectivity index (χ0n) is 18.1. The molecule has 0 saturated heterocycles. The summed E-state index contributed by atoms with van der Waals surface area (Å²) in [5, 5.41) is 8.52. The highest BCUT2D eigenvalue weighted by atomic mass is 19.4. The first-order chi connectivity index (χ1) is 16.5. The molecule has 1 amide bonds. The first-order valence-corrected chi connectivity index (χ1v) is 10.5. The van der Waals surface area contributed by atoms with E-state index in [-0.39, 0.29) is 18.2 Å². The molecule has 0 saturated carbocycles. The molecule has 0 spiro atoms. The Kier molecular flexibility index (Phi) is 6.56. The highest BCUT2D eigenvalue weighted by Crippen LogP contribution is 2.33. The molecule has 182 valence electrons. The number of amides is 1. The third-order valence-electron chi connectivity index (χ3n) is 5.50. The molecular weight excluding hydrogens is 472 g/mol. The Hall–Kier alpha value is -3.82. The lowest BCUT2D eigenvalue weighted by atomic mass is 9.90. The quantitative estimate of drug-likeness (QED) is 0.434. The standard InChI is InChI=1S/C25H19F6N3O/c26-24(27,28)18-8-6-17(7-9-18)23-21(16-4-2-1-3-5-16)14-34(33-23)15-22(35)32-20-12-10-19(11-13-20)25(29,30)31/h1-13,21H,14-15H2,(H,32,35). The van der Waals surface area contributed by atoms with Gasteiger partial charge in [-0.15, -0.1) is 0 Å². The van der Waals surface area contributed by atoms with Gasteiger partial charge >= 0.3 is 12.4 Å². The highest BCUT2D eigenvalue weighted by molar-refractivity contribution is 6.06. The van der Waals surface area contributed by atoms with E-state index in [4.69, 9.17) is 0 Å². The molecule has 0 aliphatic carbocycles. The molecule has 4 nitrogen and oxygen atoms in total. The molecule has 10 heteroatoms. The third kappa shape index (κ3) is 5.82. The van der Waals surface area contributed by atoms with Gasteiger partial charge in [0.25, 0.3) is 0 Å². The second-order valence-electron chi connectivity index (χ2n) is 7.99. The van der Waals surface area contributed by atoms with Crippen LogP contribution in [-0.4, -0.2) is 29.7 Å². The van der Waals surface area contributed by atoms with Crippen LogP contribution in [0.25, 0.3) is 0 Å². The molecule has 3 aromatic carbocycles. The lowest BCUT2D eigenvalue weighted by Crippen LogP contribution is -2.29. The van der Waals surface area contributed by atoms with E-state index in [0.29, 0.717) is 17.8 Å². The highest BCUT2D eigenvalue weighted by Gasteiger charge is 2.33. The number of carbonyl (C=O) groups is 1. The second-order valence-corrected chi connectivity index (χ2v) is 7.99. The van der Waals surface area contributed by atoms with Crippen molar-refractivity contribution >= 4 is 17.3 Å². The van der Waals surface area contributed by atoms with Crippen molar-refractivity contribution < 1.29 is 31.1 Å². The first-order valence-electron chi connectivity index (χ1n) is 10.5. The van der Waals surface area contributed by atoms with E-state index >= 15 is 0 Å². The monoisotopic (exact) mass is 491 g/mol. The van der Waals surface area contributed by atoms with Gasteiger partial charge in [-0.2, -0.15) is 31.4 Å². The molecule has 0 radical (unpaired) electrons. The van der Waals surface area contributed by atoms with Crippen LogP contribution in [0.3, 0.4) is 0 Å². The normalized spacial score (nSPS) is 16.2. The van der Waals surface area contributed by atoms with Crippen LogP contribution in [0.1, 0.15) is 28.2 Å². The number of halogens is 6.